The van der Waals surface area contributed by atoms with Crippen molar-refractivity contribution in [3.8, 4) is 0 Å². The quantitative estimate of drug-likeness (QED) is 0.717. The molecule has 1 atom stereocenters. The molecule has 2 heterocycles. The molecule has 2 aromatic rings. The third-order valence-electron chi connectivity index (χ3n) is 5.86. The van der Waals surface area contributed by atoms with Crippen molar-refractivity contribution in [1.82, 2.24) is 10.2 Å². The summed E-state index contributed by atoms with van der Waals surface area (Å²) in [5, 5.41) is 2.77. The van der Waals surface area contributed by atoms with E-state index in [1.165, 1.54) is 12.1 Å². The number of anilines is 1. The number of urea groups is 1. The normalized spacial score (nSPS) is 20.0. The molecule has 0 spiro atoms. The number of carbonyl (C=O) groups is 2. The van der Waals surface area contributed by atoms with Crippen molar-refractivity contribution in [2.45, 2.75) is 25.6 Å². The Bertz CT molecular complexity index is 959. The summed E-state index contributed by atoms with van der Waals surface area (Å²) in [6.45, 7) is 3.28. The smallest absolute Gasteiger partial charge is 0.336 e. The Balaban J connectivity index is 1.39. The van der Waals surface area contributed by atoms with E-state index in [0.717, 1.165) is 36.3 Å². The van der Waals surface area contributed by atoms with E-state index in [4.69, 9.17) is 0 Å². The second kappa shape index (κ2) is 8.70. The average Bonchev–Trinajstić information content (AvgIpc) is 3.19. The molecule has 164 valence electrons. The monoisotopic (exact) mass is 431 g/mol. The highest BCUT2D eigenvalue weighted by Gasteiger charge is 2.32. The Morgan fingerprint density at radius 2 is 1.87 bits per heavy atom. The van der Waals surface area contributed by atoms with Crippen molar-refractivity contribution in [1.29, 1.82) is 0 Å². The van der Waals surface area contributed by atoms with Crippen molar-refractivity contribution < 1.29 is 22.8 Å². The zero-order valence-electron chi connectivity index (χ0n) is 17.0. The van der Waals surface area contributed by atoms with Gasteiger partial charge in [-0.3, -0.25) is 14.6 Å². The second-order valence-corrected chi connectivity index (χ2v) is 8.07. The van der Waals surface area contributed by atoms with Crippen molar-refractivity contribution >= 4 is 17.5 Å². The van der Waals surface area contributed by atoms with E-state index in [1.807, 2.05) is 24.3 Å². The molecule has 2 amide bonds. The van der Waals surface area contributed by atoms with Gasteiger partial charge in [0.25, 0.3) is 0 Å². The number of likely N-dealkylation sites (tertiary alicyclic amines) is 1. The van der Waals surface area contributed by atoms with Crippen LogP contribution in [-0.2, 0) is 12.7 Å². The fourth-order valence-electron chi connectivity index (χ4n) is 4.26. The van der Waals surface area contributed by atoms with Crippen LogP contribution in [0, 0.1) is 5.92 Å². The lowest BCUT2D eigenvalue weighted by Crippen LogP contribution is -2.38. The van der Waals surface area contributed by atoms with Gasteiger partial charge < -0.3 is 5.32 Å². The molecule has 0 bridgehead atoms. The molecule has 2 saturated heterocycles. The standard InChI is InChI=1S/C23H24F3N3O2/c24-23(25,26)19-5-1-3-17(13-19)21(30)18-4-2-11-28(15-18)14-16-6-8-20(9-7-16)29-12-10-27-22(29)31/h1,3,5-9,13,18H,2,4,10-12,14-15H2,(H,27,31)/t18-/m1/s1. The van der Waals surface area contributed by atoms with E-state index in [9.17, 15) is 22.8 Å². The Morgan fingerprint density at radius 3 is 2.55 bits per heavy atom. The highest BCUT2D eigenvalue weighted by atomic mass is 19.4. The first-order valence-electron chi connectivity index (χ1n) is 10.4. The molecule has 0 aromatic heterocycles. The molecule has 0 unspecified atom stereocenters. The molecule has 4 rings (SSSR count). The van der Waals surface area contributed by atoms with Gasteiger partial charge in [0.1, 0.15) is 0 Å². The van der Waals surface area contributed by atoms with Crippen molar-refractivity contribution in [3.63, 3.8) is 0 Å². The van der Waals surface area contributed by atoms with Crippen LogP contribution in [0.15, 0.2) is 48.5 Å². The fraction of sp³-hybridized carbons (Fsp3) is 0.391. The van der Waals surface area contributed by atoms with Crippen molar-refractivity contribution in [2.24, 2.45) is 5.92 Å². The third kappa shape index (κ3) is 4.90. The van der Waals surface area contributed by atoms with Gasteiger partial charge >= 0.3 is 12.2 Å². The summed E-state index contributed by atoms with van der Waals surface area (Å²) in [6.07, 6.45) is -2.97. The molecule has 0 aliphatic carbocycles. The molecular weight excluding hydrogens is 407 g/mol. The fourth-order valence-corrected chi connectivity index (χ4v) is 4.26. The van der Waals surface area contributed by atoms with Gasteiger partial charge in [0.2, 0.25) is 0 Å². The largest absolute Gasteiger partial charge is 0.416 e. The van der Waals surface area contributed by atoms with Gasteiger partial charge in [0, 0.05) is 43.3 Å². The lowest BCUT2D eigenvalue weighted by Gasteiger charge is -2.32. The summed E-state index contributed by atoms with van der Waals surface area (Å²) in [7, 11) is 0. The van der Waals surface area contributed by atoms with Crippen LogP contribution < -0.4 is 10.2 Å². The molecule has 31 heavy (non-hydrogen) atoms. The summed E-state index contributed by atoms with van der Waals surface area (Å²) in [5.41, 5.74) is 1.23. The van der Waals surface area contributed by atoms with Gasteiger partial charge in [-0.2, -0.15) is 13.2 Å². The summed E-state index contributed by atoms with van der Waals surface area (Å²) in [6, 6.07) is 12.4. The molecule has 2 fully saturated rings. The number of Topliss-reactive ketones (excluding diaryl/α,β-unsaturated/α-hetero) is 1. The van der Waals surface area contributed by atoms with Crippen LogP contribution in [0.3, 0.4) is 0 Å². The van der Waals surface area contributed by atoms with Crippen molar-refractivity contribution in [2.75, 3.05) is 31.1 Å². The van der Waals surface area contributed by atoms with E-state index < -0.39 is 11.7 Å². The Morgan fingerprint density at radius 1 is 1.10 bits per heavy atom. The molecule has 2 aromatic carbocycles. The number of hydrogen-bond acceptors (Lipinski definition) is 3. The summed E-state index contributed by atoms with van der Waals surface area (Å²) in [5.74, 6) is -0.545. The van der Waals surface area contributed by atoms with Crippen LogP contribution in [0.1, 0.15) is 34.3 Å². The number of piperidine rings is 1. The van der Waals surface area contributed by atoms with E-state index >= 15 is 0 Å². The van der Waals surface area contributed by atoms with Gasteiger partial charge in [-0.15, -0.1) is 0 Å². The highest BCUT2D eigenvalue weighted by molar-refractivity contribution is 5.98. The molecule has 2 aliphatic heterocycles. The van der Waals surface area contributed by atoms with Crippen LogP contribution in [-0.4, -0.2) is 42.9 Å². The Kier molecular flexibility index (Phi) is 6.00. The van der Waals surface area contributed by atoms with E-state index in [2.05, 4.69) is 10.2 Å². The number of amides is 2. The second-order valence-electron chi connectivity index (χ2n) is 8.07. The minimum Gasteiger partial charge on any atom is -0.336 e. The van der Waals surface area contributed by atoms with E-state index in [0.29, 0.717) is 32.6 Å². The van der Waals surface area contributed by atoms with Gasteiger partial charge in [0.05, 0.1) is 5.56 Å². The minimum absolute atomic E-state index is 0.0975. The zero-order valence-corrected chi connectivity index (χ0v) is 17.0. The van der Waals surface area contributed by atoms with Crippen LogP contribution in [0.25, 0.3) is 0 Å². The third-order valence-corrected chi connectivity index (χ3v) is 5.86. The lowest BCUT2D eigenvalue weighted by molar-refractivity contribution is -0.137. The first-order valence-corrected chi connectivity index (χ1v) is 10.4. The SMILES string of the molecule is O=C(c1cccc(C(F)(F)F)c1)[C@@H]1CCCN(Cc2ccc(N3CCNC3=O)cc2)C1. The van der Waals surface area contributed by atoms with Crippen LogP contribution in [0.5, 0.6) is 0 Å². The van der Waals surface area contributed by atoms with Gasteiger partial charge in [-0.25, -0.2) is 4.79 Å². The number of nitrogens with one attached hydrogen (secondary N) is 1. The number of benzene rings is 2. The summed E-state index contributed by atoms with van der Waals surface area (Å²) in [4.78, 5) is 28.5. The number of halogens is 3. The van der Waals surface area contributed by atoms with Crippen LogP contribution in [0.2, 0.25) is 0 Å². The number of alkyl halides is 3. The molecule has 2 aliphatic rings. The van der Waals surface area contributed by atoms with Gasteiger partial charge in [-0.1, -0.05) is 24.3 Å². The first-order chi connectivity index (χ1) is 14.8. The summed E-state index contributed by atoms with van der Waals surface area (Å²) < 4.78 is 38.9. The maximum absolute atomic E-state index is 13.0. The topological polar surface area (TPSA) is 52.7 Å². The van der Waals surface area contributed by atoms with E-state index in [1.54, 1.807) is 4.90 Å². The number of rotatable bonds is 5. The number of ketones is 1. The zero-order chi connectivity index (χ0) is 22.0. The maximum atomic E-state index is 13.0. The molecular formula is C23H24F3N3O2. The average molecular weight is 431 g/mol. The van der Waals surface area contributed by atoms with E-state index in [-0.39, 0.29) is 23.3 Å². The molecule has 1 N–H and O–H groups in total. The molecule has 0 radical (unpaired) electrons. The minimum atomic E-state index is -4.46. The molecule has 0 saturated carbocycles. The van der Waals surface area contributed by atoms with Crippen molar-refractivity contribution in [3.05, 3.63) is 65.2 Å². The summed E-state index contributed by atoms with van der Waals surface area (Å²) >= 11 is 0. The Hall–Kier alpha value is -2.87. The van der Waals surface area contributed by atoms with Gasteiger partial charge in [-0.05, 0) is 49.2 Å². The van der Waals surface area contributed by atoms with Gasteiger partial charge in [0.15, 0.2) is 5.78 Å². The number of nitrogens with zero attached hydrogens (tertiary/aromatic N) is 2. The molecule has 8 heteroatoms. The molecule has 5 nitrogen and oxygen atoms in total. The maximum Gasteiger partial charge on any atom is 0.416 e. The highest BCUT2D eigenvalue weighted by Crippen LogP contribution is 2.31. The number of carbonyl (C=O) groups excluding carboxylic acids is 2. The number of hydrogen-bond donors (Lipinski definition) is 1. The Labute approximate surface area is 178 Å². The predicted molar refractivity (Wildman–Crippen MR) is 111 cm³/mol. The predicted octanol–water partition coefficient (Wildman–Crippen LogP) is 4.33. The first kappa shape index (κ1) is 21.4. The van der Waals surface area contributed by atoms with Crippen LogP contribution >= 0.6 is 0 Å². The lowest BCUT2D eigenvalue weighted by atomic mass is 9.89. The van der Waals surface area contributed by atoms with Crippen LogP contribution in [0.4, 0.5) is 23.7 Å².